The minimum Gasteiger partial charge on any atom is -0.456 e. The van der Waals surface area contributed by atoms with E-state index in [4.69, 9.17) is 4.74 Å². The van der Waals surface area contributed by atoms with Gasteiger partial charge in [0.05, 0.1) is 11.0 Å². The predicted octanol–water partition coefficient (Wildman–Crippen LogP) is 2.77. The first-order valence-electron chi connectivity index (χ1n) is 10.2. The van der Waals surface area contributed by atoms with Crippen LogP contribution in [-0.2, 0) is 19.6 Å². The van der Waals surface area contributed by atoms with E-state index < -0.39 is 40.5 Å². The molecule has 0 radical (unpaired) electrons. The topological polar surface area (TPSA) is 126 Å². The zero-order chi connectivity index (χ0) is 23.6. The Bertz CT molecular complexity index is 1440. The number of sulfonamides is 1. The summed E-state index contributed by atoms with van der Waals surface area (Å²) in [7, 11) is -4.15. The van der Waals surface area contributed by atoms with Crippen molar-refractivity contribution in [2.45, 2.75) is 24.0 Å². The van der Waals surface area contributed by atoms with Crippen molar-refractivity contribution in [3.8, 4) is 0 Å². The molecule has 3 aromatic carbocycles. The summed E-state index contributed by atoms with van der Waals surface area (Å²) >= 11 is 0. The van der Waals surface area contributed by atoms with Gasteiger partial charge in [-0.3, -0.25) is 9.59 Å². The van der Waals surface area contributed by atoms with Crippen LogP contribution in [0.2, 0.25) is 0 Å². The van der Waals surface area contributed by atoms with Crippen molar-refractivity contribution in [1.82, 2.24) is 9.71 Å². The molecule has 0 bridgehead atoms. The lowest BCUT2D eigenvalue weighted by atomic mass is 10.1. The number of aromatic nitrogens is 1. The number of carbonyl (C=O) groups is 2. The molecule has 0 aliphatic carbocycles. The van der Waals surface area contributed by atoms with Crippen LogP contribution in [0.3, 0.4) is 0 Å². The number of H-pyrrole nitrogens is 1. The molecule has 1 heterocycles. The van der Waals surface area contributed by atoms with Crippen molar-refractivity contribution in [3.63, 3.8) is 0 Å². The van der Waals surface area contributed by atoms with Crippen molar-refractivity contribution in [2.75, 3.05) is 6.61 Å². The van der Waals surface area contributed by atoms with E-state index in [9.17, 15) is 23.1 Å². The number of fused-ring (bicyclic) bond motifs is 2. The molecule has 0 spiro atoms. The van der Waals surface area contributed by atoms with Gasteiger partial charge in [-0.15, -0.1) is 0 Å². The first-order valence-corrected chi connectivity index (χ1v) is 11.7. The number of Topliss-reactive ketones (excluding diaryl/α,β-unsaturated/α-hetero) is 1. The van der Waals surface area contributed by atoms with Crippen LogP contribution in [0.25, 0.3) is 21.7 Å². The van der Waals surface area contributed by atoms with Crippen molar-refractivity contribution in [1.29, 1.82) is 0 Å². The van der Waals surface area contributed by atoms with E-state index in [0.29, 0.717) is 16.3 Å². The van der Waals surface area contributed by atoms with Crippen LogP contribution in [0, 0.1) is 0 Å². The Morgan fingerprint density at radius 1 is 1.03 bits per heavy atom. The SMILES string of the molecule is C[C@H](O)[C@@H](NS(=O)(=O)c1ccc2ccccc2c1)C(=O)OCC(=O)c1c[nH]c2ccccc12. The number of esters is 1. The monoisotopic (exact) mass is 466 g/mol. The molecular formula is C24H22N2O6S. The fourth-order valence-electron chi connectivity index (χ4n) is 3.52. The number of ether oxygens (including phenoxy) is 1. The number of para-hydroxylation sites is 1. The lowest BCUT2D eigenvalue weighted by Gasteiger charge is -2.20. The van der Waals surface area contributed by atoms with Gasteiger partial charge in [0.2, 0.25) is 15.8 Å². The number of carbonyl (C=O) groups excluding carboxylic acids is 2. The van der Waals surface area contributed by atoms with Gasteiger partial charge in [0.1, 0.15) is 6.04 Å². The number of ketones is 1. The maximum atomic E-state index is 12.9. The molecule has 0 fully saturated rings. The molecule has 0 amide bonds. The predicted molar refractivity (Wildman–Crippen MR) is 123 cm³/mol. The van der Waals surface area contributed by atoms with Crippen LogP contribution >= 0.6 is 0 Å². The average Bonchev–Trinajstić information content (AvgIpc) is 3.24. The van der Waals surface area contributed by atoms with Gasteiger partial charge in [-0.2, -0.15) is 4.72 Å². The molecule has 0 saturated carbocycles. The molecule has 33 heavy (non-hydrogen) atoms. The lowest BCUT2D eigenvalue weighted by Crippen LogP contribution is -2.48. The Morgan fingerprint density at radius 2 is 1.73 bits per heavy atom. The highest BCUT2D eigenvalue weighted by atomic mass is 32.2. The Hall–Kier alpha value is -3.53. The number of nitrogens with one attached hydrogen (secondary N) is 2. The van der Waals surface area contributed by atoms with E-state index >= 15 is 0 Å². The molecule has 8 nitrogen and oxygen atoms in total. The van der Waals surface area contributed by atoms with Crippen molar-refractivity contribution >= 4 is 43.5 Å². The molecule has 0 saturated heterocycles. The molecular weight excluding hydrogens is 444 g/mol. The Morgan fingerprint density at radius 3 is 2.48 bits per heavy atom. The number of aliphatic hydroxyl groups is 1. The molecule has 9 heteroatoms. The summed E-state index contributed by atoms with van der Waals surface area (Å²) in [6.45, 7) is 0.665. The van der Waals surface area contributed by atoms with E-state index in [-0.39, 0.29) is 4.90 Å². The van der Waals surface area contributed by atoms with Gasteiger partial charge in [-0.05, 0) is 35.9 Å². The molecule has 0 unspecified atom stereocenters. The Kier molecular flexibility index (Phi) is 6.28. The quantitative estimate of drug-likeness (QED) is 0.271. The van der Waals surface area contributed by atoms with Gasteiger partial charge in [-0.25, -0.2) is 8.42 Å². The molecule has 3 N–H and O–H groups in total. The summed E-state index contributed by atoms with van der Waals surface area (Å²) < 4.78 is 33.0. The number of rotatable bonds is 8. The standard InChI is InChI=1S/C24H22N2O6S/c1-15(27)23(26-33(30,31)18-11-10-16-6-2-3-7-17(16)12-18)24(29)32-14-22(28)20-13-25-21-9-5-4-8-19(20)21/h2-13,15,23,25-27H,14H2,1H3/t15-,23+/m0/s1. The number of aromatic amines is 1. The Labute approximate surface area is 190 Å². The minimum absolute atomic E-state index is 0.0606. The van der Waals surface area contributed by atoms with Gasteiger partial charge in [0.25, 0.3) is 0 Å². The Balaban J connectivity index is 1.48. The second-order valence-electron chi connectivity index (χ2n) is 7.63. The zero-order valence-corrected chi connectivity index (χ0v) is 18.5. The molecule has 1 aromatic heterocycles. The molecule has 2 atom stereocenters. The van der Waals surface area contributed by atoms with E-state index in [1.165, 1.54) is 25.3 Å². The highest BCUT2D eigenvalue weighted by Crippen LogP contribution is 2.20. The highest BCUT2D eigenvalue weighted by Gasteiger charge is 2.31. The van der Waals surface area contributed by atoms with E-state index in [1.807, 2.05) is 24.3 Å². The molecule has 0 aliphatic heterocycles. The number of aliphatic hydroxyl groups excluding tert-OH is 1. The van der Waals surface area contributed by atoms with Crippen LogP contribution in [0.4, 0.5) is 0 Å². The second kappa shape index (κ2) is 9.14. The summed E-state index contributed by atoms with van der Waals surface area (Å²) in [6.07, 6.45) is 0.131. The average molecular weight is 467 g/mol. The maximum absolute atomic E-state index is 12.9. The van der Waals surface area contributed by atoms with Crippen LogP contribution in [-0.4, -0.2) is 49.0 Å². The van der Waals surface area contributed by atoms with Crippen LogP contribution in [0.15, 0.2) is 77.8 Å². The fourth-order valence-corrected chi connectivity index (χ4v) is 4.81. The van der Waals surface area contributed by atoms with Gasteiger partial charge in [0.15, 0.2) is 6.61 Å². The zero-order valence-electron chi connectivity index (χ0n) is 17.7. The highest BCUT2D eigenvalue weighted by molar-refractivity contribution is 7.89. The summed E-state index contributed by atoms with van der Waals surface area (Å²) in [5.74, 6) is -1.51. The third-order valence-electron chi connectivity index (χ3n) is 5.28. The maximum Gasteiger partial charge on any atom is 0.327 e. The largest absolute Gasteiger partial charge is 0.456 e. The van der Waals surface area contributed by atoms with Crippen LogP contribution < -0.4 is 4.72 Å². The molecule has 4 aromatic rings. The second-order valence-corrected chi connectivity index (χ2v) is 9.34. The van der Waals surface area contributed by atoms with Crippen molar-refractivity contribution in [2.24, 2.45) is 0 Å². The van der Waals surface area contributed by atoms with E-state index in [0.717, 1.165) is 10.9 Å². The van der Waals surface area contributed by atoms with Gasteiger partial charge in [0, 0.05) is 22.7 Å². The summed E-state index contributed by atoms with van der Waals surface area (Å²) in [5, 5.41) is 12.3. The molecule has 0 aliphatic rings. The summed E-state index contributed by atoms with van der Waals surface area (Å²) in [5.41, 5.74) is 1.11. The lowest BCUT2D eigenvalue weighted by molar-refractivity contribution is -0.147. The van der Waals surface area contributed by atoms with Crippen molar-refractivity contribution < 1.29 is 27.9 Å². The first-order chi connectivity index (χ1) is 15.8. The normalized spacial score (nSPS) is 13.6. The van der Waals surface area contributed by atoms with Gasteiger partial charge in [-0.1, -0.05) is 48.5 Å². The van der Waals surface area contributed by atoms with Crippen LogP contribution in [0.1, 0.15) is 17.3 Å². The van der Waals surface area contributed by atoms with Crippen molar-refractivity contribution in [3.05, 3.63) is 78.5 Å². The third-order valence-corrected chi connectivity index (χ3v) is 6.72. The van der Waals surface area contributed by atoms with Crippen LogP contribution in [0.5, 0.6) is 0 Å². The van der Waals surface area contributed by atoms with E-state index in [2.05, 4.69) is 9.71 Å². The number of benzene rings is 3. The summed E-state index contributed by atoms with van der Waals surface area (Å²) in [4.78, 5) is 28.0. The van der Waals surface area contributed by atoms with Gasteiger partial charge < -0.3 is 14.8 Å². The minimum atomic E-state index is -4.15. The summed E-state index contributed by atoms with van der Waals surface area (Å²) in [6, 6.07) is 17.4. The van der Waals surface area contributed by atoms with Gasteiger partial charge >= 0.3 is 5.97 Å². The smallest absolute Gasteiger partial charge is 0.327 e. The molecule has 170 valence electrons. The molecule has 4 rings (SSSR count). The number of hydrogen-bond acceptors (Lipinski definition) is 6. The van der Waals surface area contributed by atoms with E-state index in [1.54, 1.807) is 30.3 Å². The first kappa shape index (κ1) is 22.7. The number of hydrogen-bond donors (Lipinski definition) is 3. The fraction of sp³-hybridized carbons (Fsp3) is 0.167. The third kappa shape index (κ3) is 4.80.